The number of rotatable bonds is 11. The van der Waals surface area contributed by atoms with Crippen molar-refractivity contribution >= 4 is 29.2 Å². The highest BCUT2D eigenvalue weighted by Crippen LogP contribution is 2.61. The van der Waals surface area contributed by atoms with Gasteiger partial charge < -0.3 is 4.90 Å². The van der Waals surface area contributed by atoms with Gasteiger partial charge in [0.2, 0.25) is 0 Å². The molecule has 0 bridgehead atoms. The highest BCUT2D eigenvalue weighted by atomic mass is 19.1. The zero-order chi connectivity index (χ0) is 56.9. The second-order valence-corrected chi connectivity index (χ2v) is 23.1. The molecule has 2 atom stereocenters. The van der Waals surface area contributed by atoms with E-state index in [-0.39, 0.29) is 17.0 Å². The standard InChI is InChI=1S/C81H57F2N/c1-5-52-29-33-56(34-30-52)80(58-37-45-77(82)69(47-58)54-19-9-7-10-20-54)72-27-17-14-24-64(72)67-43-40-61(50-75(67)80)84(60-39-42-66-63-23-13-16-26-71(63)79(3,4)74(66)49-60)62-41-44-68-65-25-15-18-28-73(65)81(76(68)51-62,57-35-31-53(6-2)32-36-57)59-38-46-78(83)70(48-59)55-21-11-8-12-22-55/h5-51H,1-2H2,3-4H3. The fourth-order valence-electron chi connectivity index (χ4n) is 14.6. The topological polar surface area (TPSA) is 3.24 Å². The van der Waals surface area contributed by atoms with E-state index in [2.05, 4.69) is 220 Å². The Morgan fingerprint density at radius 1 is 0.298 bits per heavy atom. The van der Waals surface area contributed by atoms with Gasteiger partial charge in [-0.15, -0.1) is 0 Å². The molecule has 0 N–H and O–H groups in total. The highest BCUT2D eigenvalue weighted by Gasteiger charge is 2.49. The monoisotopic (exact) mass is 1080 g/mol. The summed E-state index contributed by atoms with van der Waals surface area (Å²) in [5.74, 6) is -0.558. The van der Waals surface area contributed by atoms with Crippen LogP contribution in [0.3, 0.4) is 0 Å². The van der Waals surface area contributed by atoms with Crippen LogP contribution in [0.5, 0.6) is 0 Å². The summed E-state index contributed by atoms with van der Waals surface area (Å²) < 4.78 is 33.0. The van der Waals surface area contributed by atoms with E-state index in [1.807, 2.05) is 84.9 Å². The van der Waals surface area contributed by atoms with Crippen LogP contribution in [0, 0.1) is 11.6 Å². The average Bonchev–Trinajstić information content (AvgIpc) is 2.37. The van der Waals surface area contributed by atoms with E-state index in [1.165, 1.54) is 22.3 Å². The van der Waals surface area contributed by atoms with E-state index in [0.29, 0.717) is 11.1 Å². The molecule has 84 heavy (non-hydrogen) atoms. The van der Waals surface area contributed by atoms with Crippen molar-refractivity contribution in [1.29, 1.82) is 0 Å². The van der Waals surface area contributed by atoms with Gasteiger partial charge in [-0.1, -0.05) is 251 Å². The number of nitrogens with zero attached hydrogens (tertiary/aromatic N) is 1. The number of fused-ring (bicyclic) bond motifs is 9. The molecule has 12 aromatic carbocycles. The summed E-state index contributed by atoms with van der Waals surface area (Å²) in [7, 11) is 0. The number of hydrogen-bond donors (Lipinski definition) is 0. The minimum absolute atomic E-state index is 0.279. The van der Waals surface area contributed by atoms with Crippen LogP contribution in [0.4, 0.5) is 25.8 Å². The van der Waals surface area contributed by atoms with Crippen molar-refractivity contribution in [3.63, 3.8) is 0 Å². The van der Waals surface area contributed by atoms with E-state index in [0.717, 1.165) is 106 Å². The van der Waals surface area contributed by atoms with E-state index in [4.69, 9.17) is 0 Å². The lowest BCUT2D eigenvalue weighted by Gasteiger charge is -2.36. The molecule has 0 amide bonds. The van der Waals surface area contributed by atoms with Crippen LogP contribution in [0.25, 0.3) is 67.8 Å². The molecule has 0 saturated heterocycles. The van der Waals surface area contributed by atoms with E-state index in [9.17, 15) is 0 Å². The van der Waals surface area contributed by atoms with Crippen LogP contribution in [0.15, 0.2) is 286 Å². The molecule has 0 radical (unpaired) electrons. The van der Waals surface area contributed by atoms with Crippen LogP contribution in [0.2, 0.25) is 0 Å². The van der Waals surface area contributed by atoms with Crippen molar-refractivity contribution in [1.82, 2.24) is 0 Å². The Labute approximate surface area is 490 Å². The van der Waals surface area contributed by atoms with Crippen molar-refractivity contribution in [3.8, 4) is 55.6 Å². The maximum absolute atomic E-state index is 16.5. The molecule has 15 rings (SSSR count). The molecule has 0 aromatic heterocycles. The third-order valence-electron chi connectivity index (χ3n) is 18.5. The third-order valence-corrected chi connectivity index (χ3v) is 18.5. The first-order valence-electron chi connectivity index (χ1n) is 28.8. The quantitative estimate of drug-likeness (QED) is 0.125. The van der Waals surface area contributed by atoms with Crippen LogP contribution in [0.1, 0.15) is 80.6 Å². The second kappa shape index (κ2) is 19.5. The summed E-state index contributed by atoms with van der Waals surface area (Å²) in [6, 6.07) is 95.7. The van der Waals surface area contributed by atoms with Crippen LogP contribution < -0.4 is 4.90 Å². The highest BCUT2D eigenvalue weighted by molar-refractivity contribution is 5.94. The van der Waals surface area contributed by atoms with Crippen LogP contribution in [-0.2, 0) is 16.2 Å². The summed E-state index contributed by atoms with van der Waals surface area (Å²) in [4.78, 5) is 2.43. The van der Waals surface area contributed by atoms with Crippen molar-refractivity contribution in [2.75, 3.05) is 4.90 Å². The summed E-state index contributed by atoms with van der Waals surface area (Å²) in [6.07, 6.45) is 3.76. The summed E-state index contributed by atoms with van der Waals surface area (Å²) in [5, 5.41) is 0. The molecule has 0 aliphatic heterocycles. The first kappa shape index (κ1) is 50.7. The largest absolute Gasteiger partial charge is 0.310 e. The number of anilines is 3. The Bertz CT molecular complexity index is 4390. The molecule has 400 valence electrons. The summed E-state index contributed by atoms with van der Waals surface area (Å²) in [5.41, 5.74) is 23.5. The first-order valence-corrected chi connectivity index (χ1v) is 28.8. The Hall–Kier alpha value is -10.2. The third kappa shape index (κ3) is 7.44. The molecule has 2 unspecified atom stereocenters. The van der Waals surface area contributed by atoms with Crippen LogP contribution >= 0.6 is 0 Å². The lowest BCUT2D eigenvalue weighted by atomic mass is 9.67. The van der Waals surface area contributed by atoms with Gasteiger partial charge in [0.25, 0.3) is 0 Å². The smallest absolute Gasteiger partial charge is 0.131 e. The van der Waals surface area contributed by atoms with Gasteiger partial charge >= 0.3 is 0 Å². The molecule has 0 heterocycles. The Kier molecular flexibility index (Phi) is 11.8. The van der Waals surface area contributed by atoms with Gasteiger partial charge in [0, 0.05) is 33.6 Å². The van der Waals surface area contributed by atoms with Gasteiger partial charge in [-0.25, -0.2) is 8.78 Å². The lowest BCUT2D eigenvalue weighted by molar-refractivity contribution is 0.628. The van der Waals surface area contributed by atoms with Crippen LogP contribution in [-0.4, -0.2) is 0 Å². The van der Waals surface area contributed by atoms with Gasteiger partial charge in [0.15, 0.2) is 0 Å². The Morgan fingerprint density at radius 3 is 1.05 bits per heavy atom. The number of halogens is 2. The minimum atomic E-state index is -0.891. The molecular weight excluding hydrogens is 1020 g/mol. The lowest BCUT2D eigenvalue weighted by Crippen LogP contribution is -2.29. The van der Waals surface area contributed by atoms with Gasteiger partial charge in [0.05, 0.1) is 10.8 Å². The van der Waals surface area contributed by atoms with E-state index in [1.54, 1.807) is 12.1 Å². The maximum Gasteiger partial charge on any atom is 0.131 e. The predicted molar refractivity (Wildman–Crippen MR) is 344 cm³/mol. The van der Waals surface area contributed by atoms with Gasteiger partial charge in [-0.2, -0.15) is 0 Å². The Balaban J connectivity index is 1.02. The van der Waals surface area contributed by atoms with Crippen molar-refractivity contribution in [2.24, 2.45) is 0 Å². The number of benzene rings is 12. The molecule has 12 aromatic rings. The van der Waals surface area contributed by atoms with Crippen molar-refractivity contribution in [3.05, 3.63) is 365 Å². The Morgan fingerprint density at radius 2 is 0.631 bits per heavy atom. The molecule has 1 nitrogen and oxygen atoms in total. The number of hydrogen-bond acceptors (Lipinski definition) is 1. The second-order valence-electron chi connectivity index (χ2n) is 23.1. The summed E-state index contributed by atoms with van der Waals surface area (Å²) in [6.45, 7) is 12.9. The molecule has 0 spiro atoms. The van der Waals surface area contributed by atoms with Crippen molar-refractivity contribution in [2.45, 2.75) is 30.1 Å². The fraction of sp³-hybridized carbons (Fsp3) is 0.0617. The van der Waals surface area contributed by atoms with Gasteiger partial charge in [-0.3, -0.25) is 0 Å². The average molecular weight is 1080 g/mol. The minimum Gasteiger partial charge on any atom is -0.310 e. The molecule has 0 fully saturated rings. The summed E-state index contributed by atoms with van der Waals surface area (Å²) >= 11 is 0. The van der Waals surface area contributed by atoms with Gasteiger partial charge in [0.1, 0.15) is 11.6 Å². The predicted octanol–water partition coefficient (Wildman–Crippen LogP) is 21.1. The SMILES string of the molecule is C=Cc1ccc(C2(c3ccc(F)c(-c4ccccc4)c3)c3ccccc3-c3ccc(N(c4ccc5c(c4)C(C)(C)c4ccccc4-5)c4ccc5c(c4)C(c4ccc(C=C)cc4)(c4ccc(F)c(-c6ccccc6)c4)c4ccccc4-5)cc32)cc1. The van der Waals surface area contributed by atoms with E-state index < -0.39 is 10.8 Å². The van der Waals surface area contributed by atoms with E-state index >= 15 is 8.78 Å². The van der Waals surface area contributed by atoms with Gasteiger partial charge in [-0.05, 0) is 172 Å². The molecule has 0 saturated carbocycles. The molecular formula is C81H57F2N. The maximum atomic E-state index is 16.5. The fourth-order valence-corrected chi connectivity index (χ4v) is 14.6. The first-order chi connectivity index (χ1) is 41.1. The molecule has 3 aliphatic carbocycles. The normalized spacial score (nSPS) is 16.4. The molecule has 3 aliphatic rings. The zero-order valence-corrected chi connectivity index (χ0v) is 46.8. The molecule has 3 heteroatoms. The van der Waals surface area contributed by atoms with Crippen molar-refractivity contribution < 1.29 is 8.78 Å². The zero-order valence-electron chi connectivity index (χ0n) is 46.8.